The fourth-order valence-corrected chi connectivity index (χ4v) is 4.39. The predicted molar refractivity (Wildman–Crippen MR) is 124 cm³/mol. The quantitative estimate of drug-likeness (QED) is 0.632. The molecule has 2 aromatic rings. The summed E-state index contributed by atoms with van der Waals surface area (Å²) in [7, 11) is 1.63. The average molecular weight is 438 g/mol. The van der Waals surface area contributed by atoms with Crippen LogP contribution in [0.25, 0.3) is 0 Å². The molecule has 0 saturated carbocycles. The Bertz CT molecular complexity index is 950. The molecule has 7 heteroatoms. The molecule has 1 aromatic heterocycles. The standard InChI is InChI=1S/C25H35N5O2/c1-18(2)17-30-20(4)23(19(3)27-30)10-11-25(31)29-14-12-28(13-15-29)24(16-26)21-6-8-22(32-5)9-7-21/h6-9,18,24H,10-15,17H2,1-5H3. The Kier molecular flexibility index (Phi) is 7.92. The normalized spacial score (nSPS) is 15.6. The number of nitrogens with zero attached hydrogens (tertiary/aromatic N) is 5. The van der Waals surface area contributed by atoms with Gasteiger partial charge in [-0.15, -0.1) is 0 Å². The van der Waals surface area contributed by atoms with Crippen molar-refractivity contribution in [3.05, 3.63) is 46.8 Å². The van der Waals surface area contributed by atoms with Crippen LogP contribution in [0.3, 0.4) is 0 Å². The lowest BCUT2D eigenvalue weighted by molar-refractivity contribution is -0.133. The van der Waals surface area contributed by atoms with Crippen molar-refractivity contribution < 1.29 is 9.53 Å². The van der Waals surface area contributed by atoms with Crippen LogP contribution >= 0.6 is 0 Å². The highest BCUT2D eigenvalue weighted by Gasteiger charge is 2.27. The minimum Gasteiger partial charge on any atom is -0.497 e. The van der Waals surface area contributed by atoms with Crippen LogP contribution < -0.4 is 4.74 Å². The monoisotopic (exact) mass is 437 g/mol. The van der Waals surface area contributed by atoms with Gasteiger partial charge in [-0.1, -0.05) is 26.0 Å². The van der Waals surface area contributed by atoms with Gasteiger partial charge in [-0.2, -0.15) is 10.4 Å². The van der Waals surface area contributed by atoms with Gasteiger partial charge in [0.05, 0.1) is 18.9 Å². The van der Waals surface area contributed by atoms with Crippen LogP contribution in [-0.2, 0) is 17.8 Å². The minimum absolute atomic E-state index is 0.179. The largest absolute Gasteiger partial charge is 0.497 e. The van der Waals surface area contributed by atoms with E-state index in [2.05, 4.69) is 41.5 Å². The molecule has 1 amide bonds. The predicted octanol–water partition coefficient (Wildman–Crippen LogP) is 3.51. The Morgan fingerprint density at radius 3 is 2.38 bits per heavy atom. The van der Waals surface area contributed by atoms with Crippen LogP contribution in [-0.4, -0.2) is 58.8 Å². The zero-order chi connectivity index (χ0) is 23.3. The molecule has 1 saturated heterocycles. The number of amides is 1. The number of carbonyl (C=O) groups is 1. The van der Waals surface area contributed by atoms with E-state index in [1.165, 1.54) is 11.3 Å². The van der Waals surface area contributed by atoms with Gasteiger partial charge >= 0.3 is 0 Å². The maximum atomic E-state index is 12.9. The molecule has 1 aliphatic rings. The lowest BCUT2D eigenvalue weighted by Crippen LogP contribution is -2.49. The molecule has 1 unspecified atom stereocenters. The number of aromatic nitrogens is 2. The van der Waals surface area contributed by atoms with E-state index in [1.54, 1.807) is 7.11 Å². The Morgan fingerprint density at radius 1 is 1.16 bits per heavy atom. The van der Waals surface area contributed by atoms with Crippen molar-refractivity contribution in [3.63, 3.8) is 0 Å². The number of ether oxygens (including phenoxy) is 1. The van der Waals surface area contributed by atoms with Gasteiger partial charge in [0, 0.05) is 44.8 Å². The summed E-state index contributed by atoms with van der Waals surface area (Å²) >= 11 is 0. The third-order valence-corrected chi connectivity index (χ3v) is 6.24. The molecule has 0 aliphatic carbocycles. The van der Waals surface area contributed by atoms with Crippen molar-refractivity contribution in [2.45, 2.75) is 53.1 Å². The van der Waals surface area contributed by atoms with E-state index in [-0.39, 0.29) is 11.9 Å². The third kappa shape index (κ3) is 5.49. The minimum atomic E-state index is -0.310. The Labute approximate surface area is 191 Å². The van der Waals surface area contributed by atoms with E-state index in [0.29, 0.717) is 38.5 Å². The maximum Gasteiger partial charge on any atom is 0.222 e. The number of nitriles is 1. The van der Waals surface area contributed by atoms with Crippen LogP contribution in [0.5, 0.6) is 5.75 Å². The van der Waals surface area contributed by atoms with E-state index in [1.807, 2.05) is 36.1 Å². The summed E-state index contributed by atoms with van der Waals surface area (Å²) in [6.07, 6.45) is 1.22. The molecule has 0 bridgehead atoms. The van der Waals surface area contributed by atoms with Crippen LogP contribution in [0.2, 0.25) is 0 Å². The summed E-state index contributed by atoms with van der Waals surface area (Å²) in [6, 6.07) is 9.75. The fourth-order valence-electron chi connectivity index (χ4n) is 4.39. The van der Waals surface area contributed by atoms with E-state index in [0.717, 1.165) is 30.0 Å². The van der Waals surface area contributed by atoms with Crippen molar-refractivity contribution >= 4 is 5.91 Å². The summed E-state index contributed by atoms with van der Waals surface area (Å²) in [5.74, 6) is 1.49. The zero-order valence-corrected chi connectivity index (χ0v) is 20.0. The number of rotatable bonds is 8. The van der Waals surface area contributed by atoms with Crippen LogP contribution in [0.15, 0.2) is 24.3 Å². The van der Waals surface area contributed by atoms with Gasteiger partial charge in [-0.3, -0.25) is 14.4 Å². The number of carbonyl (C=O) groups excluding carboxylic acids is 1. The highest BCUT2D eigenvalue weighted by molar-refractivity contribution is 5.76. The summed E-state index contributed by atoms with van der Waals surface area (Å²) < 4.78 is 7.28. The first kappa shape index (κ1) is 23.8. The first-order valence-electron chi connectivity index (χ1n) is 11.4. The SMILES string of the molecule is COc1ccc(C(C#N)N2CCN(C(=O)CCc3c(C)nn(CC(C)C)c3C)CC2)cc1. The van der Waals surface area contributed by atoms with Crippen LogP contribution in [0.4, 0.5) is 0 Å². The molecule has 0 spiro atoms. The summed E-state index contributed by atoms with van der Waals surface area (Å²) in [4.78, 5) is 16.9. The number of hydrogen-bond acceptors (Lipinski definition) is 5. The number of aryl methyl sites for hydroxylation is 1. The molecule has 172 valence electrons. The average Bonchev–Trinajstić information content (AvgIpc) is 3.05. The highest BCUT2D eigenvalue weighted by Crippen LogP contribution is 2.24. The van der Waals surface area contributed by atoms with Crippen molar-refractivity contribution in [2.75, 3.05) is 33.3 Å². The Balaban J connectivity index is 1.54. The molecule has 1 aliphatic heterocycles. The zero-order valence-electron chi connectivity index (χ0n) is 20.0. The summed E-state index contributed by atoms with van der Waals surface area (Å²) in [5, 5.41) is 14.4. The topological polar surface area (TPSA) is 74.4 Å². The second kappa shape index (κ2) is 10.6. The highest BCUT2D eigenvalue weighted by atomic mass is 16.5. The molecule has 1 aromatic carbocycles. The fraction of sp³-hybridized carbons (Fsp3) is 0.560. The van der Waals surface area contributed by atoms with Crippen molar-refractivity contribution in [1.82, 2.24) is 19.6 Å². The molecule has 0 radical (unpaired) electrons. The van der Waals surface area contributed by atoms with Gasteiger partial charge in [0.25, 0.3) is 0 Å². The number of benzene rings is 1. The molecular weight excluding hydrogens is 402 g/mol. The van der Waals surface area contributed by atoms with Gasteiger partial charge in [0.15, 0.2) is 0 Å². The molecule has 1 fully saturated rings. The van der Waals surface area contributed by atoms with Crippen molar-refractivity contribution in [2.24, 2.45) is 5.92 Å². The lowest BCUT2D eigenvalue weighted by Gasteiger charge is -2.37. The van der Waals surface area contributed by atoms with Gasteiger partial charge in [0.2, 0.25) is 5.91 Å². The smallest absolute Gasteiger partial charge is 0.222 e. The molecule has 2 heterocycles. The number of methoxy groups -OCH3 is 1. The van der Waals surface area contributed by atoms with Crippen LogP contribution in [0, 0.1) is 31.1 Å². The first-order chi connectivity index (χ1) is 15.3. The second-order valence-electron chi connectivity index (χ2n) is 8.95. The number of piperazine rings is 1. The molecule has 32 heavy (non-hydrogen) atoms. The van der Waals surface area contributed by atoms with E-state index in [4.69, 9.17) is 4.74 Å². The molecule has 7 nitrogen and oxygen atoms in total. The van der Waals surface area contributed by atoms with E-state index in [9.17, 15) is 10.1 Å². The summed E-state index contributed by atoms with van der Waals surface area (Å²) in [5.41, 5.74) is 4.35. The van der Waals surface area contributed by atoms with Gasteiger partial charge in [0.1, 0.15) is 11.8 Å². The molecular formula is C25H35N5O2. The van der Waals surface area contributed by atoms with E-state index < -0.39 is 0 Å². The maximum absolute atomic E-state index is 12.9. The lowest BCUT2D eigenvalue weighted by atomic mass is 10.0. The van der Waals surface area contributed by atoms with Crippen molar-refractivity contribution in [3.8, 4) is 11.8 Å². The second-order valence-corrected chi connectivity index (χ2v) is 8.95. The summed E-state index contributed by atoms with van der Waals surface area (Å²) in [6.45, 7) is 12.1. The third-order valence-electron chi connectivity index (χ3n) is 6.24. The number of hydrogen-bond donors (Lipinski definition) is 0. The molecule has 3 rings (SSSR count). The Morgan fingerprint density at radius 2 is 1.81 bits per heavy atom. The first-order valence-corrected chi connectivity index (χ1v) is 11.4. The van der Waals surface area contributed by atoms with Gasteiger partial charge < -0.3 is 9.64 Å². The van der Waals surface area contributed by atoms with E-state index >= 15 is 0 Å². The molecule has 0 N–H and O–H groups in total. The van der Waals surface area contributed by atoms with Crippen LogP contribution in [0.1, 0.15) is 48.8 Å². The van der Waals surface area contributed by atoms with Gasteiger partial charge in [-0.25, -0.2) is 0 Å². The molecule has 1 atom stereocenters. The van der Waals surface area contributed by atoms with Gasteiger partial charge in [-0.05, 0) is 49.4 Å². The van der Waals surface area contributed by atoms with Crippen molar-refractivity contribution in [1.29, 1.82) is 5.26 Å². The Hall–Kier alpha value is -2.85.